The Morgan fingerprint density at radius 2 is 1.26 bits per heavy atom. The van der Waals surface area contributed by atoms with Crippen LogP contribution in [0.2, 0.25) is 0 Å². The quantitative estimate of drug-likeness (QED) is 0.167. The molecule has 2 rings (SSSR count). The molecule has 2 aromatic carbocycles. The lowest BCUT2D eigenvalue weighted by molar-refractivity contribution is -0.348. The fraction of sp³-hybridized carbons (Fsp3) is 0.294. The van der Waals surface area contributed by atoms with Crippen molar-refractivity contribution in [2.75, 3.05) is 0 Å². The third-order valence-corrected chi connectivity index (χ3v) is 7.56. The molecule has 0 aliphatic carbocycles. The number of alkyl halides is 7. The summed E-state index contributed by atoms with van der Waals surface area (Å²) >= 11 is 5.69. The summed E-state index contributed by atoms with van der Waals surface area (Å²) in [7, 11) is 0. The number of halogens is 10. The first-order chi connectivity index (χ1) is 12.1. The van der Waals surface area contributed by atoms with Crippen molar-refractivity contribution in [1.29, 1.82) is 0 Å². The van der Waals surface area contributed by atoms with Crippen LogP contribution in [0.15, 0.2) is 24.3 Å². The summed E-state index contributed by atoms with van der Waals surface area (Å²) in [5.41, 5.74) is -6.93. The number of benzene rings is 2. The molecule has 0 amide bonds. The molecule has 0 aromatic heterocycles. The van der Waals surface area contributed by atoms with E-state index < -0.39 is 29.1 Å². The van der Waals surface area contributed by atoms with E-state index in [9.17, 15) is 30.7 Å². The summed E-state index contributed by atoms with van der Waals surface area (Å²) in [5.74, 6) is 0. The van der Waals surface area contributed by atoms with E-state index in [4.69, 9.17) is 0 Å². The molecule has 10 heteroatoms. The van der Waals surface area contributed by atoms with Gasteiger partial charge in [0.05, 0.1) is 0 Å². The summed E-state index contributed by atoms with van der Waals surface area (Å²) < 4.78 is 97.1. The van der Waals surface area contributed by atoms with E-state index in [1.54, 1.807) is 6.07 Å². The van der Waals surface area contributed by atoms with Gasteiger partial charge in [0, 0.05) is 16.3 Å². The standard InChI is InChI=1S/C17H10F7I3/c1-7-3-8(2)13(10-5-9(25)6-12(26)14(10)27)11(4-7)15(18,16(19,20)21)17(22,23)24/h3-6H,1-2H3. The first-order valence-corrected chi connectivity index (χ1v) is 10.4. The van der Waals surface area contributed by atoms with Crippen LogP contribution in [-0.2, 0) is 5.67 Å². The van der Waals surface area contributed by atoms with Gasteiger partial charge < -0.3 is 0 Å². The fourth-order valence-electron chi connectivity index (χ4n) is 2.80. The average Bonchev–Trinajstić information content (AvgIpc) is 2.47. The number of aryl methyl sites for hydroxylation is 2. The van der Waals surface area contributed by atoms with Crippen molar-refractivity contribution in [1.82, 2.24) is 0 Å². The molecule has 0 bridgehead atoms. The molecule has 0 atom stereocenters. The highest BCUT2D eigenvalue weighted by Gasteiger charge is 2.74. The molecule has 0 unspecified atom stereocenters. The van der Waals surface area contributed by atoms with Gasteiger partial charge in [0.15, 0.2) is 0 Å². The maximum atomic E-state index is 14.9. The molecule has 0 heterocycles. The number of hydrogen-bond acceptors (Lipinski definition) is 0. The van der Waals surface area contributed by atoms with Crippen molar-refractivity contribution in [3.8, 4) is 11.1 Å². The minimum atomic E-state index is -6.17. The minimum absolute atomic E-state index is 0.108. The summed E-state index contributed by atoms with van der Waals surface area (Å²) in [4.78, 5) is 0. The lowest BCUT2D eigenvalue weighted by Crippen LogP contribution is -2.50. The van der Waals surface area contributed by atoms with Crippen molar-refractivity contribution < 1.29 is 30.7 Å². The van der Waals surface area contributed by atoms with Crippen LogP contribution in [0.1, 0.15) is 16.7 Å². The SMILES string of the molecule is Cc1cc(C)c(-c2cc(I)cc(I)c2I)c(C(F)(C(F)(F)F)C(F)(F)F)c1. The van der Waals surface area contributed by atoms with Gasteiger partial charge in [-0.25, -0.2) is 4.39 Å². The van der Waals surface area contributed by atoms with E-state index >= 15 is 0 Å². The molecule has 0 aliphatic rings. The van der Waals surface area contributed by atoms with Crippen LogP contribution in [0.3, 0.4) is 0 Å². The predicted octanol–water partition coefficient (Wildman–Crippen LogP) is 8.07. The number of hydrogen-bond donors (Lipinski definition) is 0. The van der Waals surface area contributed by atoms with Crippen LogP contribution < -0.4 is 0 Å². The van der Waals surface area contributed by atoms with E-state index in [1.165, 1.54) is 26.0 Å². The molecule has 27 heavy (non-hydrogen) atoms. The summed E-state index contributed by atoms with van der Waals surface area (Å²) in [5, 5.41) is 0. The monoisotopic (exact) mass is 728 g/mol. The molecule has 0 fully saturated rings. The second-order valence-electron chi connectivity index (χ2n) is 5.91. The highest BCUT2D eigenvalue weighted by atomic mass is 127. The average molecular weight is 728 g/mol. The van der Waals surface area contributed by atoms with Gasteiger partial charge in [0.1, 0.15) is 0 Å². The Labute approximate surface area is 191 Å². The molecule has 0 nitrogen and oxygen atoms in total. The molecule has 0 saturated heterocycles. The first-order valence-electron chi connectivity index (χ1n) is 7.20. The van der Waals surface area contributed by atoms with Crippen LogP contribution in [0.25, 0.3) is 11.1 Å². The van der Waals surface area contributed by atoms with Gasteiger partial charge in [-0.15, -0.1) is 0 Å². The topological polar surface area (TPSA) is 0 Å². The van der Waals surface area contributed by atoms with E-state index in [2.05, 4.69) is 0 Å². The molecule has 0 N–H and O–H groups in total. The Kier molecular flexibility index (Phi) is 6.73. The van der Waals surface area contributed by atoms with Crippen molar-refractivity contribution in [2.45, 2.75) is 31.9 Å². The van der Waals surface area contributed by atoms with E-state index in [1.807, 2.05) is 67.8 Å². The second kappa shape index (κ2) is 7.76. The van der Waals surface area contributed by atoms with Crippen molar-refractivity contribution in [3.63, 3.8) is 0 Å². The van der Waals surface area contributed by atoms with Gasteiger partial charge in [0.25, 0.3) is 0 Å². The van der Waals surface area contributed by atoms with Gasteiger partial charge >= 0.3 is 18.0 Å². The maximum Gasteiger partial charge on any atom is 0.435 e. The fourth-order valence-corrected chi connectivity index (χ4v) is 5.23. The molecular weight excluding hydrogens is 718 g/mol. The molecule has 0 saturated carbocycles. The third kappa shape index (κ3) is 4.21. The molecular formula is C17H10F7I3. The first kappa shape index (κ1) is 23.4. The molecule has 0 radical (unpaired) electrons. The van der Waals surface area contributed by atoms with E-state index in [0.717, 1.165) is 0 Å². The molecule has 0 aliphatic heterocycles. The van der Waals surface area contributed by atoms with E-state index in [-0.39, 0.29) is 16.7 Å². The summed E-state index contributed by atoms with van der Waals surface area (Å²) in [6.07, 6.45) is -12.3. The van der Waals surface area contributed by atoms with Crippen molar-refractivity contribution >= 4 is 67.8 Å². The van der Waals surface area contributed by atoms with Crippen LogP contribution in [0.4, 0.5) is 30.7 Å². The zero-order valence-electron chi connectivity index (χ0n) is 13.6. The molecule has 0 spiro atoms. The summed E-state index contributed by atoms with van der Waals surface area (Å²) in [6, 6.07) is 5.26. The van der Waals surface area contributed by atoms with Gasteiger partial charge in [-0.05, 0) is 110 Å². The van der Waals surface area contributed by atoms with Gasteiger partial charge in [-0.2, -0.15) is 26.3 Å². The zero-order valence-corrected chi connectivity index (χ0v) is 20.1. The zero-order chi connectivity index (χ0) is 20.9. The Hall–Kier alpha value is 0.140. The van der Waals surface area contributed by atoms with Crippen LogP contribution in [0, 0.1) is 24.6 Å². The van der Waals surface area contributed by atoms with E-state index in [0.29, 0.717) is 16.8 Å². The Morgan fingerprint density at radius 3 is 1.74 bits per heavy atom. The number of rotatable bonds is 2. The predicted molar refractivity (Wildman–Crippen MR) is 114 cm³/mol. The van der Waals surface area contributed by atoms with Gasteiger partial charge in [-0.3, -0.25) is 0 Å². The normalized spacial score (nSPS) is 13.2. The van der Waals surface area contributed by atoms with Gasteiger partial charge in [-0.1, -0.05) is 17.7 Å². The smallest absolute Gasteiger partial charge is 0.218 e. The molecule has 148 valence electrons. The lowest BCUT2D eigenvalue weighted by atomic mass is 9.83. The van der Waals surface area contributed by atoms with Crippen molar-refractivity contribution in [3.05, 3.63) is 51.7 Å². The lowest BCUT2D eigenvalue weighted by Gasteiger charge is -2.33. The van der Waals surface area contributed by atoms with Crippen LogP contribution in [-0.4, -0.2) is 12.4 Å². The third-order valence-electron chi connectivity index (χ3n) is 3.89. The Balaban J connectivity index is 3.04. The van der Waals surface area contributed by atoms with Crippen LogP contribution in [0.5, 0.6) is 0 Å². The largest absolute Gasteiger partial charge is 0.435 e. The highest BCUT2D eigenvalue weighted by Crippen LogP contribution is 2.56. The highest BCUT2D eigenvalue weighted by molar-refractivity contribution is 14.1. The minimum Gasteiger partial charge on any atom is -0.218 e. The Morgan fingerprint density at radius 1 is 0.741 bits per heavy atom. The van der Waals surface area contributed by atoms with Crippen LogP contribution >= 0.6 is 67.8 Å². The molecule has 2 aromatic rings. The van der Waals surface area contributed by atoms with Crippen molar-refractivity contribution in [2.24, 2.45) is 0 Å². The second-order valence-corrected chi connectivity index (χ2v) is 9.39. The summed E-state index contributed by atoms with van der Waals surface area (Å²) in [6.45, 7) is 2.71. The van der Waals surface area contributed by atoms with Gasteiger partial charge in [0.2, 0.25) is 0 Å². The Bertz CT molecular complexity index is 872. The maximum absolute atomic E-state index is 14.9.